The van der Waals surface area contributed by atoms with Gasteiger partial charge in [-0.15, -0.1) is 0 Å². The topological polar surface area (TPSA) is 25.8 Å². The highest BCUT2D eigenvalue weighted by Crippen LogP contribution is 2.29. The van der Waals surface area contributed by atoms with Crippen molar-refractivity contribution >= 4 is 0 Å². The Balaban J connectivity index is 2.27. The number of rotatable bonds is 0. The van der Waals surface area contributed by atoms with E-state index in [1.807, 2.05) is 0 Å². The third kappa shape index (κ3) is 1.42. The van der Waals surface area contributed by atoms with Gasteiger partial charge in [0.2, 0.25) is 0 Å². The van der Waals surface area contributed by atoms with Gasteiger partial charge in [0.05, 0.1) is 5.69 Å². The lowest BCUT2D eigenvalue weighted by molar-refractivity contribution is 0.829. The van der Waals surface area contributed by atoms with Crippen molar-refractivity contribution in [2.75, 3.05) is 0 Å². The fraction of sp³-hybridized carbons (Fsp3) is 0.231. The molecule has 0 atom stereocenters. The summed E-state index contributed by atoms with van der Waals surface area (Å²) in [6.07, 6.45) is 5.24. The zero-order chi connectivity index (χ0) is 10.1. The molecule has 1 aliphatic carbocycles. The zero-order valence-electron chi connectivity index (χ0n) is 8.48. The number of aromatic nitrogens is 2. The molecule has 0 saturated heterocycles. The highest BCUT2D eigenvalue weighted by Gasteiger charge is 2.14. The Morgan fingerprint density at radius 2 is 1.80 bits per heavy atom. The Morgan fingerprint density at radius 1 is 0.933 bits per heavy atom. The Morgan fingerprint density at radius 3 is 2.80 bits per heavy atom. The van der Waals surface area contributed by atoms with Crippen molar-refractivity contribution in [3.8, 4) is 11.3 Å². The number of benzene rings is 1. The molecular formula is C13H12N2. The van der Waals surface area contributed by atoms with E-state index in [0.29, 0.717) is 0 Å². The second-order valence-electron chi connectivity index (χ2n) is 3.92. The van der Waals surface area contributed by atoms with Gasteiger partial charge in [0, 0.05) is 11.8 Å². The van der Waals surface area contributed by atoms with E-state index in [2.05, 4.69) is 40.5 Å². The SMILES string of the molecule is c1ccc2c(c1)CCCc1ccnnc1-2. The monoisotopic (exact) mass is 196 g/mol. The molecule has 0 aliphatic heterocycles. The summed E-state index contributed by atoms with van der Waals surface area (Å²) >= 11 is 0. The van der Waals surface area contributed by atoms with Crippen molar-refractivity contribution in [2.45, 2.75) is 19.3 Å². The molecule has 1 heterocycles. The molecule has 15 heavy (non-hydrogen) atoms. The summed E-state index contributed by atoms with van der Waals surface area (Å²) in [6.45, 7) is 0. The van der Waals surface area contributed by atoms with Crippen LogP contribution in [0.1, 0.15) is 17.5 Å². The molecule has 0 bridgehead atoms. The molecular weight excluding hydrogens is 184 g/mol. The highest BCUT2D eigenvalue weighted by molar-refractivity contribution is 5.67. The number of aryl methyl sites for hydroxylation is 2. The van der Waals surface area contributed by atoms with Crippen LogP contribution in [0, 0.1) is 0 Å². The third-order valence-electron chi connectivity index (χ3n) is 2.97. The third-order valence-corrected chi connectivity index (χ3v) is 2.97. The predicted molar refractivity (Wildman–Crippen MR) is 59.5 cm³/mol. The Labute approximate surface area is 89.0 Å². The number of nitrogens with zero attached hydrogens (tertiary/aromatic N) is 2. The summed E-state index contributed by atoms with van der Waals surface area (Å²) in [6, 6.07) is 10.6. The Kier molecular flexibility index (Phi) is 1.98. The molecule has 0 unspecified atom stereocenters. The smallest absolute Gasteiger partial charge is 0.0964 e. The van der Waals surface area contributed by atoms with Gasteiger partial charge in [0.15, 0.2) is 0 Å². The molecule has 2 aromatic rings. The molecule has 0 fully saturated rings. The normalized spacial score (nSPS) is 13.9. The van der Waals surface area contributed by atoms with Crippen LogP contribution in [0.25, 0.3) is 11.3 Å². The molecule has 2 nitrogen and oxygen atoms in total. The van der Waals surface area contributed by atoms with E-state index in [1.54, 1.807) is 6.20 Å². The fourth-order valence-electron chi connectivity index (χ4n) is 2.22. The minimum Gasteiger partial charge on any atom is -0.159 e. The molecule has 2 heteroatoms. The van der Waals surface area contributed by atoms with Gasteiger partial charge in [0.25, 0.3) is 0 Å². The van der Waals surface area contributed by atoms with E-state index in [0.717, 1.165) is 18.5 Å². The lowest BCUT2D eigenvalue weighted by atomic mass is 10.0. The number of hydrogen-bond acceptors (Lipinski definition) is 2. The van der Waals surface area contributed by atoms with E-state index >= 15 is 0 Å². The van der Waals surface area contributed by atoms with Gasteiger partial charge >= 0.3 is 0 Å². The lowest BCUT2D eigenvalue weighted by Gasteiger charge is -2.05. The first-order valence-corrected chi connectivity index (χ1v) is 5.34. The maximum atomic E-state index is 4.27. The molecule has 0 saturated carbocycles. The van der Waals surface area contributed by atoms with Crippen molar-refractivity contribution in [3.63, 3.8) is 0 Å². The second-order valence-corrected chi connectivity index (χ2v) is 3.92. The van der Waals surface area contributed by atoms with Crippen molar-refractivity contribution in [3.05, 3.63) is 47.7 Å². The number of fused-ring (bicyclic) bond motifs is 3. The molecule has 0 spiro atoms. The van der Waals surface area contributed by atoms with Crippen LogP contribution in [0.3, 0.4) is 0 Å². The standard InChI is InChI=1S/C13H12N2/c1-2-7-12-10(4-1)5-3-6-11-8-9-14-15-13(11)12/h1-2,4,7-9H,3,5-6H2. The van der Waals surface area contributed by atoms with Crippen LogP contribution < -0.4 is 0 Å². The molecule has 1 aliphatic rings. The summed E-state index contributed by atoms with van der Waals surface area (Å²) < 4.78 is 0. The van der Waals surface area contributed by atoms with Crippen molar-refractivity contribution < 1.29 is 0 Å². The lowest BCUT2D eigenvalue weighted by Crippen LogP contribution is -1.93. The van der Waals surface area contributed by atoms with Gasteiger partial charge in [-0.1, -0.05) is 24.3 Å². The van der Waals surface area contributed by atoms with E-state index in [4.69, 9.17) is 0 Å². The summed E-state index contributed by atoms with van der Waals surface area (Å²) in [5, 5.41) is 8.26. The van der Waals surface area contributed by atoms with E-state index < -0.39 is 0 Å². The number of hydrogen-bond donors (Lipinski definition) is 0. The molecule has 3 rings (SSSR count). The van der Waals surface area contributed by atoms with E-state index in [9.17, 15) is 0 Å². The maximum Gasteiger partial charge on any atom is 0.0964 e. The first kappa shape index (κ1) is 8.60. The minimum atomic E-state index is 1.07. The van der Waals surface area contributed by atoms with Gasteiger partial charge in [-0.05, 0) is 36.5 Å². The summed E-state index contributed by atoms with van der Waals surface area (Å²) in [4.78, 5) is 0. The van der Waals surface area contributed by atoms with Crippen molar-refractivity contribution in [1.29, 1.82) is 0 Å². The van der Waals surface area contributed by atoms with Gasteiger partial charge in [0.1, 0.15) is 0 Å². The molecule has 1 aromatic carbocycles. The quantitative estimate of drug-likeness (QED) is 0.647. The second kappa shape index (κ2) is 3.46. The average Bonchev–Trinajstić information content (AvgIpc) is 2.48. The first-order valence-electron chi connectivity index (χ1n) is 5.34. The Hall–Kier alpha value is -1.70. The van der Waals surface area contributed by atoms with Crippen molar-refractivity contribution in [1.82, 2.24) is 10.2 Å². The summed E-state index contributed by atoms with van der Waals surface area (Å²) in [5.41, 5.74) is 5.07. The van der Waals surface area contributed by atoms with Crippen LogP contribution in [0.2, 0.25) is 0 Å². The predicted octanol–water partition coefficient (Wildman–Crippen LogP) is 2.63. The van der Waals surface area contributed by atoms with Gasteiger partial charge in [-0.25, -0.2) is 0 Å². The van der Waals surface area contributed by atoms with Crippen LogP contribution in [0.15, 0.2) is 36.5 Å². The molecule has 1 aromatic heterocycles. The first-order chi connectivity index (χ1) is 7.45. The Bertz CT molecular complexity index is 446. The molecule has 0 radical (unpaired) electrons. The van der Waals surface area contributed by atoms with Crippen LogP contribution in [0.4, 0.5) is 0 Å². The average molecular weight is 196 g/mol. The van der Waals surface area contributed by atoms with Crippen LogP contribution >= 0.6 is 0 Å². The minimum absolute atomic E-state index is 1.07. The van der Waals surface area contributed by atoms with E-state index in [1.165, 1.54) is 23.1 Å². The molecule has 0 N–H and O–H groups in total. The largest absolute Gasteiger partial charge is 0.159 e. The zero-order valence-corrected chi connectivity index (χ0v) is 8.48. The highest BCUT2D eigenvalue weighted by atomic mass is 15.1. The van der Waals surface area contributed by atoms with Crippen molar-refractivity contribution in [2.24, 2.45) is 0 Å². The fourth-order valence-corrected chi connectivity index (χ4v) is 2.22. The van der Waals surface area contributed by atoms with Gasteiger partial charge < -0.3 is 0 Å². The molecule has 74 valence electrons. The maximum absolute atomic E-state index is 4.27. The van der Waals surface area contributed by atoms with Crippen LogP contribution in [-0.2, 0) is 12.8 Å². The van der Waals surface area contributed by atoms with Crippen LogP contribution in [0.5, 0.6) is 0 Å². The van der Waals surface area contributed by atoms with Gasteiger partial charge in [-0.2, -0.15) is 10.2 Å². The molecule has 0 amide bonds. The summed E-state index contributed by atoms with van der Waals surface area (Å²) in [7, 11) is 0. The van der Waals surface area contributed by atoms with E-state index in [-0.39, 0.29) is 0 Å². The van der Waals surface area contributed by atoms with Gasteiger partial charge in [-0.3, -0.25) is 0 Å². The van der Waals surface area contributed by atoms with Crippen LogP contribution in [-0.4, -0.2) is 10.2 Å². The summed E-state index contributed by atoms with van der Waals surface area (Å²) in [5.74, 6) is 0.